The van der Waals surface area contributed by atoms with E-state index in [-0.39, 0.29) is 24.4 Å². The largest absolute Gasteiger partial charge is 0.391 e. The normalized spacial score (nSPS) is 19.9. The Labute approximate surface area is 91.5 Å². The number of benzene rings is 1. The zero-order valence-electron chi connectivity index (χ0n) is 8.35. The maximum Gasteiger partial charge on any atom is 0.229 e. The number of nitriles is 1. The lowest BCUT2D eigenvalue weighted by Gasteiger charge is -2.15. The standard InChI is InChI=1S/C11H9FN2O2/c12-10-3-8(2-1-7(10)5-13)14-6-9(15)4-11(14)16/h1-3,9,15H,4,6H2. The zero-order valence-corrected chi connectivity index (χ0v) is 8.35. The fourth-order valence-electron chi connectivity index (χ4n) is 1.70. The molecule has 5 heteroatoms. The van der Waals surface area contributed by atoms with Gasteiger partial charge in [-0.2, -0.15) is 5.26 Å². The van der Waals surface area contributed by atoms with Crippen molar-refractivity contribution in [3.8, 4) is 6.07 Å². The van der Waals surface area contributed by atoms with Crippen LogP contribution in [0.2, 0.25) is 0 Å². The second kappa shape index (κ2) is 3.91. The molecular weight excluding hydrogens is 211 g/mol. The maximum atomic E-state index is 13.3. The van der Waals surface area contributed by atoms with Gasteiger partial charge in [0, 0.05) is 5.69 Å². The number of amides is 1. The van der Waals surface area contributed by atoms with Crippen LogP contribution in [0.15, 0.2) is 18.2 Å². The number of carbonyl (C=O) groups is 1. The van der Waals surface area contributed by atoms with Gasteiger partial charge in [0.2, 0.25) is 5.91 Å². The molecule has 1 aromatic rings. The summed E-state index contributed by atoms with van der Waals surface area (Å²) in [5.41, 5.74) is 0.314. The number of nitrogens with zero attached hydrogens (tertiary/aromatic N) is 2. The first-order valence-corrected chi connectivity index (χ1v) is 4.80. The molecule has 0 saturated carbocycles. The molecule has 1 saturated heterocycles. The Morgan fingerprint density at radius 3 is 2.81 bits per heavy atom. The van der Waals surface area contributed by atoms with Crippen molar-refractivity contribution in [2.75, 3.05) is 11.4 Å². The van der Waals surface area contributed by atoms with E-state index in [1.54, 1.807) is 6.07 Å². The highest BCUT2D eigenvalue weighted by atomic mass is 19.1. The Bertz CT molecular complexity index is 481. The molecular formula is C11H9FN2O2. The molecule has 1 aromatic carbocycles. The number of hydrogen-bond acceptors (Lipinski definition) is 3. The third-order valence-electron chi connectivity index (χ3n) is 2.49. The van der Waals surface area contributed by atoms with Crippen LogP contribution >= 0.6 is 0 Å². The molecule has 1 aliphatic heterocycles. The van der Waals surface area contributed by atoms with Gasteiger partial charge < -0.3 is 10.0 Å². The number of carbonyl (C=O) groups excluding carboxylic acids is 1. The number of aliphatic hydroxyl groups excluding tert-OH is 1. The van der Waals surface area contributed by atoms with Crippen LogP contribution in [-0.4, -0.2) is 23.7 Å². The zero-order chi connectivity index (χ0) is 11.7. The molecule has 1 aliphatic rings. The van der Waals surface area contributed by atoms with Gasteiger partial charge in [-0.25, -0.2) is 4.39 Å². The topological polar surface area (TPSA) is 64.3 Å². The van der Waals surface area contributed by atoms with Gasteiger partial charge >= 0.3 is 0 Å². The van der Waals surface area contributed by atoms with Crippen molar-refractivity contribution in [1.29, 1.82) is 5.26 Å². The molecule has 1 heterocycles. The first kappa shape index (κ1) is 10.6. The molecule has 1 fully saturated rings. The minimum atomic E-state index is -0.703. The third kappa shape index (κ3) is 1.75. The monoisotopic (exact) mass is 220 g/mol. The second-order valence-electron chi connectivity index (χ2n) is 3.64. The van der Waals surface area contributed by atoms with E-state index in [0.717, 1.165) is 6.07 Å². The molecule has 2 rings (SSSR count). The van der Waals surface area contributed by atoms with Gasteiger partial charge in [-0.3, -0.25) is 4.79 Å². The Kier molecular flexibility index (Phi) is 2.59. The van der Waals surface area contributed by atoms with Crippen molar-refractivity contribution < 1.29 is 14.3 Å². The molecule has 0 aromatic heterocycles. The first-order chi connectivity index (χ1) is 7.61. The molecule has 16 heavy (non-hydrogen) atoms. The molecule has 82 valence electrons. The van der Waals surface area contributed by atoms with Crippen molar-refractivity contribution in [2.24, 2.45) is 0 Å². The number of anilines is 1. The highest BCUT2D eigenvalue weighted by Gasteiger charge is 2.29. The molecule has 1 atom stereocenters. The summed E-state index contributed by atoms with van der Waals surface area (Å²) in [5, 5.41) is 17.9. The molecule has 4 nitrogen and oxygen atoms in total. The van der Waals surface area contributed by atoms with E-state index in [1.165, 1.54) is 17.0 Å². The molecule has 1 amide bonds. The van der Waals surface area contributed by atoms with Gasteiger partial charge in [0.15, 0.2) is 0 Å². The van der Waals surface area contributed by atoms with Crippen molar-refractivity contribution in [1.82, 2.24) is 0 Å². The van der Waals surface area contributed by atoms with Crippen LogP contribution in [0.5, 0.6) is 0 Å². The third-order valence-corrected chi connectivity index (χ3v) is 2.49. The van der Waals surface area contributed by atoms with E-state index in [4.69, 9.17) is 5.26 Å². The molecule has 1 unspecified atom stereocenters. The number of aliphatic hydroxyl groups is 1. The van der Waals surface area contributed by atoms with Gasteiger partial charge in [-0.1, -0.05) is 0 Å². The predicted molar refractivity (Wildman–Crippen MR) is 54.1 cm³/mol. The Hall–Kier alpha value is -1.93. The number of hydrogen-bond donors (Lipinski definition) is 1. The first-order valence-electron chi connectivity index (χ1n) is 4.80. The van der Waals surface area contributed by atoms with Crippen LogP contribution in [-0.2, 0) is 4.79 Å². The van der Waals surface area contributed by atoms with E-state index >= 15 is 0 Å². The maximum absolute atomic E-state index is 13.3. The van der Waals surface area contributed by atoms with Crippen LogP contribution in [0, 0.1) is 17.1 Å². The summed E-state index contributed by atoms with van der Waals surface area (Å²) in [5.74, 6) is -0.897. The van der Waals surface area contributed by atoms with Crippen molar-refractivity contribution >= 4 is 11.6 Å². The molecule has 1 N–H and O–H groups in total. The van der Waals surface area contributed by atoms with E-state index in [0.29, 0.717) is 5.69 Å². The lowest BCUT2D eigenvalue weighted by molar-refractivity contribution is -0.117. The lowest BCUT2D eigenvalue weighted by atomic mass is 10.2. The average Bonchev–Trinajstić information content (AvgIpc) is 2.58. The highest BCUT2D eigenvalue weighted by Crippen LogP contribution is 2.23. The fourth-order valence-corrected chi connectivity index (χ4v) is 1.70. The summed E-state index contributed by atoms with van der Waals surface area (Å²) in [4.78, 5) is 12.7. The Balaban J connectivity index is 2.32. The van der Waals surface area contributed by atoms with E-state index in [2.05, 4.69) is 0 Å². The predicted octanol–water partition coefficient (Wildman–Crippen LogP) is 0.795. The quantitative estimate of drug-likeness (QED) is 0.761. The van der Waals surface area contributed by atoms with Gasteiger partial charge in [-0.15, -0.1) is 0 Å². The van der Waals surface area contributed by atoms with Gasteiger partial charge in [-0.05, 0) is 18.2 Å². The molecule has 0 bridgehead atoms. The van der Waals surface area contributed by atoms with Crippen LogP contribution < -0.4 is 4.90 Å². The average molecular weight is 220 g/mol. The van der Waals surface area contributed by atoms with Gasteiger partial charge in [0.05, 0.1) is 24.6 Å². The Morgan fingerprint density at radius 1 is 1.56 bits per heavy atom. The number of β-amino-alcohol motifs (C(OH)–C–C–N with tert-alkyl or cyclic N) is 1. The summed E-state index contributed by atoms with van der Waals surface area (Å²) in [7, 11) is 0. The van der Waals surface area contributed by atoms with E-state index in [9.17, 15) is 14.3 Å². The van der Waals surface area contributed by atoms with E-state index in [1.807, 2.05) is 0 Å². The molecule has 0 radical (unpaired) electrons. The van der Waals surface area contributed by atoms with E-state index < -0.39 is 11.9 Å². The van der Waals surface area contributed by atoms with Gasteiger partial charge in [0.1, 0.15) is 11.9 Å². The SMILES string of the molecule is N#Cc1ccc(N2CC(O)CC2=O)cc1F. The minimum Gasteiger partial charge on any atom is -0.391 e. The summed E-state index contributed by atoms with van der Waals surface area (Å²) in [6.45, 7) is 0.171. The highest BCUT2D eigenvalue weighted by molar-refractivity contribution is 5.96. The second-order valence-corrected chi connectivity index (χ2v) is 3.64. The van der Waals surface area contributed by atoms with Crippen LogP contribution in [0.25, 0.3) is 0 Å². The summed E-state index contributed by atoms with van der Waals surface area (Å²) in [6.07, 6.45) is -0.645. The molecule has 0 spiro atoms. The summed E-state index contributed by atoms with van der Waals surface area (Å²) in [6, 6.07) is 5.66. The number of rotatable bonds is 1. The van der Waals surface area contributed by atoms with Crippen molar-refractivity contribution in [3.05, 3.63) is 29.6 Å². The van der Waals surface area contributed by atoms with Gasteiger partial charge in [0.25, 0.3) is 0 Å². The molecule has 0 aliphatic carbocycles. The summed E-state index contributed by atoms with van der Waals surface area (Å²) < 4.78 is 13.3. The summed E-state index contributed by atoms with van der Waals surface area (Å²) >= 11 is 0. The minimum absolute atomic E-state index is 0.0572. The van der Waals surface area contributed by atoms with Crippen molar-refractivity contribution in [3.63, 3.8) is 0 Å². The number of halogens is 1. The van der Waals surface area contributed by atoms with Crippen molar-refractivity contribution in [2.45, 2.75) is 12.5 Å². The van der Waals surface area contributed by atoms with Crippen LogP contribution in [0.3, 0.4) is 0 Å². The van der Waals surface area contributed by atoms with Crippen LogP contribution in [0.1, 0.15) is 12.0 Å². The van der Waals surface area contributed by atoms with Crippen LogP contribution in [0.4, 0.5) is 10.1 Å². The Morgan fingerprint density at radius 2 is 2.31 bits per heavy atom. The lowest BCUT2D eigenvalue weighted by Crippen LogP contribution is -2.25. The smallest absolute Gasteiger partial charge is 0.229 e. The fraction of sp³-hybridized carbons (Fsp3) is 0.273.